The Bertz CT molecular complexity index is 912. The SMILES string of the molecule is CCn1c(C)cc(C)c(C(=O)N2Cc3[nH]cnc3C[C@H]2C(=O)O)c1=O. The lowest BCUT2D eigenvalue weighted by molar-refractivity contribution is -0.142. The summed E-state index contributed by atoms with van der Waals surface area (Å²) in [6.45, 7) is 5.87. The molecule has 8 heteroatoms. The molecule has 0 radical (unpaired) electrons. The van der Waals surface area contributed by atoms with E-state index < -0.39 is 17.9 Å². The topological polar surface area (TPSA) is 108 Å². The molecule has 3 heterocycles. The highest BCUT2D eigenvalue weighted by Gasteiger charge is 2.37. The highest BCUT2D eigenvalue weighted by molar-refractivity contribution is 5.97. The number of carbonyl (C=O) groups excluding carboxylic acids is 1. The summed E-state index contributed by atoms with van der Waals surface area (Å²) in [4.78, 5) is 45.8. The number of hydrogen-bond donors (Lipinski definition) is 2. The predicted octanol–water partition coefficient (Wildman–Crippen LogP) is 0.860. The number of amides is 1. The zero-order valence-electron chi connectivity index (χ0n) is 14.4. The fraction of sp³-hybridized carbons (Fsp3) is 0.412. The van der Waals surface area contributed by atoms with Crippen LogP contribution in [0.4, 0.5) is 0 Å². The molecule has 1 aliphatic rings. The van der Waals surface area contributed by atoms with Crippen molar-refractivity contribution in [2.24, 2.45) is 0 Å². The third-order valence-corrected chi connectivity index (χ3v) is 4.68. The zero-order chi connectivity index (χ0) is 18.3. The molecule has 0 fully saturated rings. The van der Waals surface area contributed by atoms with Gasteiger partial charge in [0.2, 0.25) is 0 Å². The largest absolute Gasteiger partial charge is 0.480 e. The van der Waals surface area contributed by atoms with Gasteiger partial charge in [-0.1, -0.05) is 0 Å². The smallest absolute Gasteiger partial charge is 0.326 e. The van der Waals surface area contributed by atoms with Gasteiger partial charge >= 0.3 is 5.97 Å². The van der Waals surface area contributed by atoms with Crippen LogP contribution in [0.3, 0.4) is 0 Å². The number of carbonyl (C=O) groups is 2. The summed E-state index contributed by atoms with van der Waals surface area (Å²) in [5.74, 6) is -1.67. The maximum absolute atomic E-state index is 13.1. The van der Waals surface area contributed by atoms with Gasteiger partial charge in [-0.3, -0.25) is 9.59 Å². The van der Waals surface area contributed by atoms with Crippen LogP contribution in [0, 0.1) is 13.8 Å². The normalized spacial score (nSPS) is 16.6. The van der Waals surface area contributed by atoms with Crippen molar-refractivity contribution < 1.29 is 14.7 Å². The van der Waals surface area contributed by atoms with E-state index in [1.54, 1.807) is 13.0 Å². The summed E-state index contributed by atoms with van der Waals surface area (Å²) in [6, 6.07) is 0.734. The van der Waals surface area contributed by atoms with Gasteiger partial charge in [-0.25, -0.2) is 9.78 Å². The molecule has 132 valence electrons. The summed E-state index contributed by atoms with van der Waals surface area (Å²) in [6.07, 6.45) is 1.60. The van der Waals surface area contributed by atoms with E-state index in [9.17, 15) is 19.5 Å². The van der Waals surface area contributed by atoms with Gasteiger partial charge in [0.05, 0.1) is 24.3 Å². The Hall–Kier alpha value is -2.90. The molecular weight excluding hydrogens is 324 g/mol. The number of aliphatic carboxylic acids is 1. The second-order valence-corrected chi connectivity index (χ2v) is 6.21. The monoisotopic (exact) mass is 344 g/mol. The summed E-state index contributed by atoms with van der Waals surface area (Å²) in [7, 11) is 0. The number of nitrogens with one attached hydrogen (secondary N) is 1. The molecule has 8 nitrogen and oxygen atoms in total. The van der Waals surface area contributed by atoms with E-state index >= 15 is 0 Å². The van der Waals surface area contributed by atoms with Gasteiger partial charge in [0.1, 0.15) is 11.6 Å². The number of aryl methyl sites for hydroxylation is 2. The Morgan fingerprint density at radius 1 is 1.40 bits per heavy atom. The third kappa shape index (κ3) is 2.73. The first-order valence-electron chi connectivity index (χ1n) is 8.11. The number of carboxylic acid groups (broad SMARTS) is 1. The van der Waals surface area contributed by atoms with E-state index in [4.69, 9.17) is 0 Å². The Kier molecular flexibility index (Phi) is 4.20. The molecule has 2 N–H and O–H groups in total. The van der Waals surface area contributed by atoms with E-state index in [1.165, 1.54) is 15.8 Å². The molecule has 1 aliphatic heterocycles. The van der Waals surface area contributed by atoms with Crippen molar-refractivity contribution in [2.75, 3.05) is 0 Å². The van der Waals surface area contributed by atoms with Crippen LogP contribution >= 0.6 is 0 Å². The lowest BCUT2D eigenvalue weighted by Gasteiger charge is -2.32. The Morgan fingerprint density at radius 2 is 2.12 bits per heavy atom. The van der Waals surface area contributed by atoms with Crippen LogP contribution in [0.1, 0.15) is 39.9 Å². The van der Waals surface area contributed by atoms with Crippen molar-refractivity contribution in [1.29, 1.82) is 0 Å². The lowest BCUT2D eigenvalue weighted by Crippen LogP contribution is -2.50. The van der Waals surface area contributed by atoms with Crippen molar-refractivity contribution >= 4 is 11.9 Å². The van der Waals surface area contributed by atoms with Gasteiger partial charge in [-0.15, -0.1) is 0 Å². The van der Waals surface area contributed by atoms with Crippen LogP contribution in [-0.2, 0) is 24.3 Å². The van der Waals surface area contributed by atoms with Gasteiger partial charge in [0.15, 0.2) is 0 Å². The third-order valence-electron chi connectivity index (χ3n) is 4.68. The molecule has 2 aromatic heterocycles. The summed E-state index contributed by atoms with van der Waals surface area (Å²) < 4.78 is 1.52. The van der Waals surface area contributed by atoms with Gasteiger partial charge in [-0.05, 0) is 32.4 Å². The van der Waals surface area contributed by atoms with Crippen LogP contribution < -0.4 is 5.56 Å². The number of fused-ring (bicyclic) bond motifs is 1. The highest BCUT2D eigenvalue weighted by Crippen LogP contribution is 2.23. The number of H-pyrrole nitrogens is 1. The maximum atomic E-state index is 13.1. The molecule has 0 saturated heterocycles. The Balaban J connectivity index is 2.09. The molecule has 0 saturated carbocycles. The number of aromatic nitrogens is 3. The first-order chi connectivity index (χ1) is 11.8. The lowest BCUT2D eigenvalue weighted by atomic mass is 10.00. The average Bonchev–Trinajstić information content (AvgIpc) is 3.00. The molecule has 0 aliphatic carbocycles. The molecule has 1 amide bonds. The molecule has 1 atom stereocenters. The second-order valence-electron chi connectivity index (χ2n) is 6.21. The minimum atomic E-state index is -1.11. The van der Waals surface area contributed by atoms with Crippen LogP contribution in [0.2, 0.25) is 0 Å². The van der Waals surface area contributed by atoms with Gasteiger partial charge < -0.3 is 19.6 Å². The minimum absolute atomic E-state index is 0.0293. The molecule has 0 unspecified atom stereocenters. The molecule has 2 aromatic rings. The van der Waals surface area contributed by atoms with Crippen LogP contribution in [0.25, 0.3) is 0 Å². The number of imidazole rings is 1. The summed E-state index contributed by atoms with van der Waals surface area (Å²) >= 11 is 0. The van der Waals surface area contributed by atoms with Crippen molar-refractivity contribution in [3.8, 4) is 0 Å². The Morgan fingerprint density at radius 3 is 2.76 bits per heavy atom. The van der Waals surface area contributed by atoms with Crippen LogP contribution in [0.5, 0.6) is 0 Å². The van der Waals surface area contributed by atoms with Crippen molar-refractivity contribution in [3.05, 3.63) is 51.0 Å². The fourth-order valence-corrected chi connectivity index (χ4v) is 3.39. The summed E-state index contributed by atoms with van der Waals surface area (Å²) in [5, 5.41) is 9.54. The maximum Gasteiger partial charge on any atom is 0.326 e. The quantitative estimate of drug-likeness (QED) is 0.858. The number of carboxylic acids is 1. The van der Waals surface area contributed by atoms with Gasteiger partial charge in [-0.2, -0.15) is 0 Å². The van der Waals surface area contributed by atoms with E-state index in [2.05, 4.69) is 9.97 Å². The molecular formula is C17H20N4O4. The van der Waals surface area contributed by atoms with Gasteiger partial charge in [0, 0.05) is 18.7 Å². The molecule has 3 rings (SSSR count). The zero-order valence-corrected chi connectivity index (χ0v) is 14.4. The highest BCUT2D eigenvalue weighted by atomic mass is 16.4. The first-order valence-corrected chi connectivity index (χ1v) is 8.11. The molecule has 25 heavy (non-hydrogen) atoms. The second kappa shape index (κ2) is 6.19. The van der Waals surface area contributed by atoms with E-state index in [0.29, 0.717) is 23.5 Å². The number of nitrogens with zero attached hydrogens (tertiary/aromatic N) is 3. The fourth-order valence-electron chi connectivity index (χ4n) is 3.39. The van der Waals surface area contributed by atoms with E-state index in [-0.39, 0.29) is 24.1 Å². The summed E-state index contributed by atoms with van der Waals surface area (Å²) in [5.41, 5.74) is 2.31. The van der Waals surface area contributed by atoms with E-state index in [1.807, 2.05) is 13.8 Å². The van der Waals surface area contributed by atoms with Crippen molar-refractivity contribution in [2.45, 2.75) is 46.3 Å². The molecule has 0 bridgehead atoms. The number of hydrogen-bond acceptors (Lipinski definition) is 4. The first kappa shape index (κ1) is 16.9. The standard InChI is InChI=1S/C17H20N4O4/c1-4-20-10(3)5-9(2)14(15(20)22)16(23)21-7-12-11(18-8-19-12)6-13(21)17(24)25/h5,8,13H,4,6-7H2,1-3H3,(H,18,19)(H,24,25)/t13-/m0/s1. The Labute approximate surface area is 144 Å². The number of pyridine rings is 1. The van der Waals surface area contributed by atoms with Gasteiger partial charge in [0.25, 0.3) is 11.5 Å². The predicted molar refractivity (Wildman–Crippen MR) is 89.4 cm³/mol. The average molecular weight is 344 g/mol. The van der Waals surface area contributed by atoms with Crippen LogP contribution in [0.15, 0.2) is 17.2 Å². The number of aromatic amines is 1. The minimum Gasteiger partial charge on any atom is -0.480 e. The van der Waals surface area contributed by atoms with Crippen molar-refractivity contribution in [3.63, 3.8) is 0 Å². The molecule has 0 aromatic carbocycles. The molecule has 0 spiro atoms. The van der Waals surface area contributed by atoms with E-state index in [0.717, 1.165) is 5.69 Å². The van der Waals surface area contributed by atoms with Crippen LogP contribution in [-0.4, -0.2) is 42.5 Å². The van der Waals surface area contributed by atoms with Crippen molar-refractivity contribution in [1.82, 2.24) is 19.4 Å². The number of rotatable bonds is 3.